The highest BCUT2D eigenvalue weighted by atomic mass is 32.1. The second kappa shape index (κ2) is 22.6. The number of esters is 1. The van der Waals surface area contributed by atoms with Gasteiger partial charge in [-0.2, -0.15) is 0 Å². The summed E-state index contributed by atoms with van der Waals surface area (Å²) in [6.07, 6.45) is 3.45. The smallest absolute Gasteiger partial charge is 0.309 e. The standard InChI is InChI=1S/C23H22FN5O2S.C20H17FN4O2S.C19H15FN4O2S/c1-13-26-27-19-12-25-21(15-4-2-3-5-17(15)24)20-16-10-14(11-18(16)32-23(20)29(13)19)22(30)28-6-8-31-9-7-28;1-10-23-24-16-9-22-18(12-5-3-4-6-14(12)21)17-13-7-11(20(26)27-2)8-15(13)28-19(17)25(10)16;1-9-22-23-15-8-21-17(11-4-2-3-5-13(11)20)16-12-6-10(19(25)26)7-14(12)27-18(16)24(9)15/h2-5,14H,6-12H2,1H3;3-6,11H,7-9H2,1-2H3;2-5,10H,6-8H2,1H3,(H,25,26). The van der Waals surface area contributed by atoms with Crippen LogP contribution in [-0.4, -0.2) is 123 Å². The zero-order valence-corrected chi connectivity index (χ0v) is 50.0. The third-order valence-electron chi connectivity index (χ3n) is 16.9. The van der Waals surface area contributed by atoms with Gasteiger partial charge in [0.25, 0.3) is 0 Å². The first-order valence-corrected chi connectivity index (χ1v) is 30.9. The SMILES string of the molecule is COC(=O)C1Cc2sc3c(c2C1)C(c1ccccc1F)=NCc1nnc(C)n1-3.Cc1nnc2n1-c1sc3c(c1C(c1ccccc1F)=NC2)CC(C(=O)N1CCOCC1)C3.Cc1nnc2n1-c1sc3c(c1C(c1ccccc1F)=NC2)CC(C(=O)O)C3. The topological polar surface area (TPSA) is 222 Å². The zero-order valence-electron chi connectivity index (χ0n) is 47.5. The van der Waals surface area contributed by atoms with E-state index in [-0.39, 0.29) is 41.2 Å². The minimum absolute atomic E-state index is 0.0914. The number of carbonyl (C=O) groups excluding carboxylic acids is 2. The van der Waals surface area contributed by atoms with Gasteiger partial charge in [-0.3, -0.25) is 43.1 Å². The van der Waals surface area contributed by atoms with Crippen molar-refractivity contribution in [3.63, 3.8) is 0 Å². The van der Waals surface area contributed by atoms with Crippen LogP contribution in [0.1, 0.15) is 99.6 Å². The fourth-order valence-electron chi connectivity index (χ4n) is 12.8. The predicted molar refractivity (Wildman–Crippen MR) is 319 cm³/mol. The molecule has 1 fully saturated rings. The summed E-state index contributed by atoms with van der Waals surface area (Å²) >= 11 is 4.80. The van der Waals surface area contributed by atoms with E-state index in [0.29, 0.717) is 124 Å². The van der Waals surface area contributed by atoms with Crippen molar-refractivity contribution in [3.8, 4) is 15.0 Å². The number of aliphatic imine (C=N–C) groups is 3. The number of nitrogens with zero attached hydrogens (tertiary/aromatic N) is 13. The molecule has 1 saturated heterocycles. The third-order valence-corrected chi connectivity index (χ3v) is 20.7. The summed E-state index contributed by atoms with van der Waals surface area (Å²) in [7, 11) is 1.41. The molecule has 4 aliphatic heterocycles. The summed E-state index contributed by atoms with van der Waals surface area (Å²) in [4.78, 5) is 56.2. The van der Waals surface area contributed by atoms with Crippen LogP contribution in [0.2, 0.25) is 0 Å². The van der Waals surface area contributed by atoms with Crippen molar-refractivity contribution >= 4 is 69.0 Å². The van der Waals surface area contributed by atoms with E-state index in [1.807, 2.05) is 45.4 Å². The van der Waals surface area contributed by atoms with Crippen molar-refractivity contribution < 1.29 is 42.1 Å². The Bertz CT molecular complexity index is 4410. The van der Waals surface area contributed by atoms with E-state index in [2.05, 4.69) is 35.6 Å². The Hall–Kier alpha value is -8.65. The molecule has 3 aromatic carbocycles. The first-order chi connectivity index (χ1) is 42.2. The van der Waals surface area contributed by atoms with Crippen LogP contribution in [0.15, 0.2) is 87.8 Å². The van der Waals surface area contributed by atoms with Crippen LogP contribution >= 0.6 is 34.0 Å². The van der Waals surface area contributed by atoms with Crippen LogP contribution in [0.4, 0.5) is 13.2 Å². The van der Waals surface area contributed by atoms with E-state index in [9.17, 15) is 32.7 Å². The lowest BCUT2D eigenvalue weighted by molar-refractivity contribution is -0.145. The molecule has 3 unspecified atom stereocenters. The monoisotopic (exact) mass is 1230 g/mol. The Morgan fingerprint density at radius 1 is 0.517 bits per heavy atom. The Morgan fingerprint density at radius 2 is 0.874 bits per heavy atom. The molecule has 1 amide bonds. The zero-order chi connectivity index (χ0) is 59.9. The fraction of sp³-hybridized carbons (Fsp3) is 0.323. The van der Waals surface area contributed by atoms with Gasteiger partial charge in [-0.1, -0.05) is 36.4 Å². The number of aromatic nitrogens is 9. The van der Waals surface area contributed by atoms with E-state index in [4.69, 9.17) is 19.5 Å². The number of aliphatic carboxylic acids is 1. The van der Waals surface area contributed by atoms with Gasteiger partial charge >= 0.3 is 11.9 Å². The molecule has 16 rings (SSSR count). The first-order valence-electron chi connectivity index (χ1n) is 28.5. The van der Waals surface area contributed by atoms with E-state index in [1.165, 1.54) is 30.2 Å². The predicted octanol–water partition coefficient (Wildman–Crippen LogP) is 8.64. The van der Waals surface area contributed by atoms with Crippen molar-refractivity contribution in [3.05, 3.63) is 190 Å². The maximum Gasteiger partial charge on any atom is 0.309 e. The molecule has 442 valence electrons. The van der Waals surface area contributed by atoms with E-state index in [1.54, 1.807) is 82.5 Å². The quantitative estimate of drug-likeness (QED) is 0.155. The highest BCUT2D eigenvalue weighted by Gasteiger charge is 2.41. The largest absolute Gasteiger partial charge is 0.481 e. The highest BCUT2D eigenvalue weighted by Crippen LogP contribution is 2.47. The van der Waals surface area contributed by atoms with Crippen molar-refractivity contribution in [2.24, 2.45) is 32.7 Å². The summed E-state index contributed by atoms with van der Waals surface area (Å²) in [6, 6.07) is 20.0. The molecule has 3 aliphatic carbocycles. The second-order valence-electron chi connectivity index (χ2n) is 22.1. The van der Waals surface area contributed by atoms with Crippen LogP contribution < -0.4 is 0 Å². The number of hydrogen-bond acceptors (Lipinski definition) is 17. The summed E-state index contributed by atoms with van der Waals surface area (Å²) in [6.45, 7) is 9.12. The summed E-state index contributed by atoms with van der Waals surface area (Å²) < 4.78 is 60.5. The van der Waals surface area contributed by atoms with Crippen LogP contribution in [0, 0.1) is 56.0 Å². The van der Waals surface area contributed by atoms with Crippen molar-refractivity contribution in [2.45, 2.75) is 78.9 Å². The lowest BCUT2D eigenvalue weighted by Gasteiger charge is -2.29. The van der Waals surface area contributed by atoms with Crippen LogP contribution in [0.25, 0.3) is 15.0 Å². The number of thiophene rings is 3. The van der Waals surface area contributed by atoms with Gasteiger partial charge in [0.1, 0.15) is 69.6 Å². The minimum Gasteiger partial charge on any atom is -0.481 e. The molecule has 7 aliphatic rings. The average molecular weight is 1230 g/mol. The van der Waals surface area contributed by atoms with Crippen LogP contribution in [-0.2, 0) is 82.0 Å². The number of amides is 1. The van der Waals surface area contributed by atoms with Gasteiger partial charge < -0.3 is 19.5 Å². The van der Waals surface area contributed by atoms with Gasteiger partial charge in [0.15, 0.2) is 17.5 Å². The second-order valence-corrected chi connectivity index (χ2v) is 25.3. The summed E-state index contributed by atoms with van der Waals surface area (Å²) in [5.74, 6) is 1.95. The molecule has 1 N–H and O–H groups in total. The van der Waals surface area contributed by atoms with Crippen molar-refractivity contribution in [1.82, 2.24) is 49.2 Å². The molecule has 25 heteroatoms. The van der Waals surface area contributed by atoms with Gasteiger partial charge in [-0.15, -0.1) is 64.6 Å². The van der Waals surface area contributed by atoms with Crippen LogP contribution in [0.5, 0.6) is 0 Å². The Kier molecular flexibility index (Phi) is 14.6. The lowest BCUT2D eigenvalue weighted by Crippen LogP contribution is -2.44. The maximum absolute atomic E-state index is 14.9. The number of ether oxygens (including phenoxy) is 2. The fourth-order valence-corrected chi connectivity index (χ4v) is 17.2. The van der Waals surface area contributed by atoms with Gasteiger partial charge in [0.05, 0.1) is 49.3 Å². The number of carboxylic acids is 1. The number of rotatable bonds is 6. The molecule has 0 spiro atoms. The average Bonchev–Trinajstić information content (AvgIpc) is 2.00. The molecule has 6 aromatic heterocycles. The normalized spacial score (nSPS) is 18.4. The molecule has 10 heterocycles. The Labute approximate surface area is 507 Å². The van der Waals surface area contributed by atoms with Gasteiger partial charge in [0.2, 0.25) is 5.91 Å². The number of hydrogen-bond donors (Lipinski definition) is 1. The van der Waals surface area contributed by atoms with Crippen molar-refractivity contribution in [1.29, 1.82) is 0 Å². The van der Waals surface area contributed by atoms with E-state index in [0.717, 1.165) is 87.3 Å². The molecular formula is C62H54F3N13O6S3. The molecule has 87 heavy (non-hydrogen) atoms. The molecule has 19 nitrogen and oxygen atoms in total. The number of morpholine rings is 1. The number of carbonyl (C=O) groups is 3. The van der Waals surface area contributed by atoms with Gasteiger partial charge in [-0.05, 0) is 112 Å². The summed E-state index contributed by atoms with van der Waals surface area (Å²) in [5, 5.41) is 37.6. The van der Waals surface area contributed by atoms with Gasteiger partial charge in [0, 0.05) is 67.0 Å². The number of carboxylic acid groups (broad SMARTS) is 1. The summed E-state index contributed by atoms with van der Waals surface area (Å²) in [5.41, 5.74) is 8.95. The maximum atomic E-state index is 14.9. The van der Waals surface area contributed by atoms with Crippen LogP contribution in [0.3, 0.4) is 0 Å². The Balaban J connectivity index is 0.000000115. The first kappa shape index (κ1) is 56.2. The number of halogens is 3. The molecule has 9 aromatic rings. The number of benzene rings is 3. The highest BCUT2D eigenvalue weighted by molar-refractivity contribution is 7.16. The van der Waals surface area contributed by atoms with Gasteiger partial charge in [-0.25, -0.2) is 13.2 Å². The minimum atomic E-state index is -0.800. The number of fused-ring (bicyclic) bond motifs is 15. The molecule has 0 bridgehead atoms. The lowest BCUT2D eigenvalue weighted by atomic mass is 9.97. The number of methoxy groups -OCH3 is 1. The molecule has 3 atom stereocenters. The third kappa shape index (κ3) is 9.74. The number of aryl methyl sites for hydroxylation is 3. The van der Waals surface area contributed by atoms with E-state index >= 15 is 0 Å². The molecule has 0 radical (unpaired) electrons. The molecule has 0 saturated carbocycles. The van der Waals surface area contributed by atoms with Crippen molar-refractivity contribution in [2.75, 3.05) is 33.4 Å². The molecular weight excluding hydrogens is 1180 g/mol. The van der Waals surface area contributed by atoms with E-state index < -0.39 is 11.9 Å². The Morgan fingerprint density at radius 3 is 1.25 bits per heavy atom.